The van der Waals surface area contributed by atoms with Gasteiger partial charge < -0.3 is 0 Å². The van der Waals surface area contributed by atoms with Crippen LogP contribution < -0.4 is 0 Å². The fourth-order valence-corrected chi connectivity index (χ4v) is 5.28. The van der Waals surface area contributed by atoms with E-state index in [2.05, 4.69) is 0 Å². The van der Waals surface area contributed by atoms with E-state index in [0.29, 0.717) is 61.7 Å². The van der Waals surface area contributed by atoms with Crippen LogP contribution in [0.4, 0.5) is 0 Å². The molecule has 0 saturated carbocycles. The number of halogens is 2. The van der Waals surface area contributed by atoms with Crippen molar-refractivity contribution in [1.82, 2.24) is 9.80 Å². The van der Waals surface area contributed by atoms with Gasteiger partial charge in [-0.1, -0.05) is 35.4 Å². The molecule has 4 rings (SSSR count). The lowest BCUT2D eigenvalue weighted by molar-refractivity contribution is -0.142. The van der Waals surface area contributed by atoms with Crippen LogP contribution in [-0.4, -0.2) is 46.5 Å². The van der Waals surface area contributed by atoms with E-state index < -0.39 is 0 Å². The summed E-state index contributed by atoms with van der Waals surface area (Å²) in [6.07, 6.45) is 6.66. The third kappa shape index (κ3) is 3.30. The zero-order valence-electron chi connectivity index (χ0n) is 15.4. The third-order valence-corrected chi connectivity index (χ3v) is 6.95. The fraction of sp³-hybridized carbons (Fsp3) is 0.600. The average Bonchev–Trinajstić information content (AvgIpc) is 3.04. The highest BCUT2D eigenvalue weighted by Gasteiger charge is 2.49. The van der Waals surface area contributed by atoms with Crippen LogP contribution >= 0.6 is 23.2 Å². The predicted molar refractivity (Wildman–Crippen MR) is 103 cm³/mol. The number of hydrogen-bond donors (Lipinski definition) is 0. The first-order valence-corrected chi connectivity index (χ1v) is 10.5. The van der Waals surface area contributed by atoms with E-state index in [0.717, 1.165) is 0 Å². The molecule has 8 heteroatoms. The first kappa shape index (κ1) is 19.6. The Morgan fingerprint density at radius 1 is 0.679 bits per heavy atom. The van der Waals surface area contributed by atoms with Crippen molar-refractivity contribution < 1.29 is 19.2 Å². The van der Waals surface area contributed by atoms with Crippen LogP contribution in [0.5, 0.6) is 0 Å². The number of imide groups is 2. The summed E-state index contributed by atoms with van der Waals surface area (Å²) in [6.45, 7) is 0.636. The van der Waals surface area contributed by atoms with Gasteiger partial charge in [0.25, 0.3) is 0 Å². The number of hydrogen-bond acceptors (Lipinski definition) is 4. The molecule has 150 valence electrons. The van der Waals surface area contributed by atoms with Gasteiger partial charge in [-0.25, -0.2) is 0 Å². The molecule has 2 aliphatic carbocycles. The SMILES string of the molecule is O=C1C2CC=C(Cl)CC2C(=O)N1CCCCN1C(=O)C2CC=C(Cl)CC2C1=O. The first-order valence-electron chi connectivity index (χ1n) is 9.78. The zero-order chi connectivity index (χ0) is 20.0. The summed E-state index contributed by atoms with van der Waals surface area (Å²) in [5.74, 6) is -1.83. The molecule has 0 N–H and O–H groups in total. The molecule has 6 nitrogen and oxygen atoms in total. The standard InChI is InChI=1S/C20H22Cl2N2O4/c21-11-3-5-13-15(9-11)19(27)23(17(13)25)7-1-2-8-24-18(26)14-6-4-12(22)10-16(14)20(24)28/h3-4,13-16H,1-2,5-10H2. The van der Waals surface area contributed by atoms with Crippen LogP contribution in [-0.2, 0) is 19.2 Å². The summed E-state index contributed by atoms with van der Waals surface area (Å²) >= 11 is 12.1. The molecule has 0 radical (unpaired) electrons. The minimum Gasteiger partial charge on any atom is -0.282 e. The molecule has 0 spiro atoms. The van der Waals surface area contributed by atoms with E-state index >= 15 is 0 Å². The minimum atomic E-state index is -0.341. The summed E-state index contributed by atoms with van der Waals surface area (Å²) in [4.78, 5) is 52.7. The lowest BCUT2D eigenvalue weighted by atomic mass is 9.85. The Kier molecular flexibility index (Phi) is 5.36. The zero-order valence-corrected chi connectivity index (χ0v) is 16.9. The summed E-state index contributed by atoms with van der Waals surface area (Å²) in [7, 11) is 0. The molecule has 2 aliphatic heterocycles. The molecule has 0 bridgehead atoms. The van der Waals surface area contributed by atoms with E-state index in [4.69, 9.17) is 23.2 Å². The number of amides is 4. The summed E-state index contributed by atoms with van der Waals surface area (Å²) in [6, 6.07) is 0. The van der Waals surface area contributed by atoms with Gasteiger partial charge in [-0.15, -0.1) is 0 Å². The van der Waals surface area contributed by atoms with Gasteiger partial charge in [0.15, 0.2) is 0 Å². The van der Waals surface area contributed by atoms with Gasteiger partial charge in [0, 0.05) is 23.2 Å². The number of rotatable bonds is 5. The number of nitrogens with zero attached hydrogens (tertiary/aromatic N) is 2. The second kappa shape index (κ2) is 7.64. The Morgan fingerprint density at radius 2 is 1.04 bits per heavy atom. The van der Waals surface area contributed by atoms with Crippen molar-refractivity contribution in [3.63, 3.8) is 0 Å². The topological polar surface area (TPSA) is 74.8 Å². The number of carbonyl (C=O) groups excluding carboxylic acids is 4. The van der Waals surface area contributed by atoms with Crippen molar-refractivity contribution in [2.75, 3.05) is 13.1 Å². The van der Waals surface area contributed by atoms with Crippen molar-refractivity contribution in [3.8, 4) is 0 Å². The van der Waals surface area contributed by atoms with Crippen LogP contribution in [0.1, 0.15) is 38.5 Å². The Hall–Kier alpha value is -1.66. The van der Waals surface area contributed by atoms with Crippen LogP contribution in [0.25, 0.3) is 0 Å². The molecule has 0 aromatic carbocycles. The maximum atomic E-state index is 12.5. The van der Waals surface area contributed by atoms with Crippen molar-refractivity contribution in [3.05, 3.63) is 22.2 Å². The Morgan fingerprint density at radius 3 is 1.43 bits per heavy atom. The molecule has 2 heterocycles. The van der Waals surface area contributed by atoms with Gasteiger partial charge >= 0.3 is 0 Å². The number of allylic oxidation sites excluding steroid dienone is 4. The van der Waals surface area contributed by atoms with Gasteiger partial charge in [-0.2, -0.15) is 0 Å². The van der Waals surface area contributed by atoms with E-state index in [1.807, 2.05) is 12.2 Å². The van der Waals surface area contributed by atoms with E-state index in [-0.39, 0.29) is 47.3 Å². The number of unbranched alkanes of at least 4 members (excludes halogenated alkanes) is 1. The van der Waals surface area contributed by atoms with Crippen LogP contribution in [0.2, 0.25) is 0 Å². The number of fused-ring (bicyclic) bond motifs is 2. The van der Waals surface area contributed by atoms with Gasteiger partial charge in [-0.3, -0.25) is 29.0 Å². The fourth-order valence-electron chi connectivity index (χ4n) is 4.77. The van der Waals surface area contributed by atoms with Crippen LogP contribution in [0.15, 0.2) is 22.2 Å². The highest BCUT2D eigenvalue weighted by atomic mass is 35.5. The minimum absolute atomic E-state index is 0.129. The highest BCUT2D eigenvalue weighted by molar-refractivity contribution is 6.30. The van der Waals surface area contributed by atoms with Crippen LogP contribution in [0, 0.1) is 23.7 Å². The Balaban J connectivity index is 1.29. The van der Waals surface area contributed by atoms with E-state index in [1.165, 1.54) is 9.80 Å². The quantitative estimate of drug-likeness (QED) is 0.502. The molecule has 2 fully saturated rings. The maximum absolute atomic E-state index is 12.5. The molecular formula is C20H22Cl2N2O4. The van der Waals surface area contributed by atoms with Crippen LogP contribution in [0.3, 0.4) is 0 Å². The van der Waals surface area contributed by atoms with Gasteiger partial charge in [0.1, 0.15) is 0 Å². The summed E-state index contributed by atoms with van der Waals surface area (Å²) in [5.41, 5.74) is 0. The highest BCUT2D eigenvalue weighted by Crippen LogP contribution is 2.40. The normalized spacial score (nSPS) is 32.5. The molecule has 0 aromatic rings. The van der Waals surface area contributed by atoms with Crippen molar-refractivity contribution in [2.45, 2.75) is 38.5 Å². The van der Waals surface area contributed by atoms with Crippen molar-refractivity contribution >= 4 is 46.8 Å². The van der Waals surface area contributed by atoms with E-state index in [1.54, 1.807) is 0 Å². The van der Waals surface area contributed by atoms with Gasteiger partial charge in [0.2, 0.25) is 23.6 Å². The molecule has 0 aromatic heterocycles. The predicted octanol–water partition coefficient (Wildman–Crippen LogP) is 2.80. The molecule has 4 amide bonds. The summed E-state index contributed by atoms with van der Waals surface area (Å²) < 4.78 is 0. The second-order valence-electron chi connectivity index (χ2n) is 7.97. The van der Waals surface area contributed by atoms with E-state index in [9.17, 15) is 19.2 Å². The van der Waals surface area contributed by atoms with Gasteiger partial charge in [0.05, 0.1) is 23.7 Å². The van der Waals surface area contributed by atoms with Crippen molar-refractivity contribution in [1.29, 1.82) is 0 Å². The maximum Gasteiger partial charge on any atom is 0.233 e. The molecular weight excluding hydrogens is 403 g/mol. The monoisotopic (exact) mass is 424 g/mol. The largest absolute Gasteiger partial charge is 0.282 e. The Bertz CT molecular complexity index is 740. The smallest absolute Gasteiger partial charge is 0.233 e. The lowest BCUT2D eigenvalue weighted by Crippen LogP contribution is -2.34. The molecule has 2 saturated heterocycles. The first-order chi connectivity index (χ1) is 13.4. The average molecular weight is 425 g/mol. The lowest BCUT2D eigenvalue weighted by Gasteiger charge is -2.17. The molecule has 28 heavy (non-hydrogen) atoms. The summed E-state index contributed by atoms with van der Waals surface area (Å²) in [5, 5.41) is 1.29. The molecule has 4 unspecified atom stereocenters. The number of likely N-dealkylation sites (tertiary alicyclic amines) is 2. The van der Waals surface area contributed by atoms with Gasteiger partial charge in [-0.05, 0) is 38.5 Å². The second-order valence-corrected chi connectivity index (χ2v) is 8.94. The third-order valence-electron chi connectivity index (χ3n) is 6.33. The number of carbonyl (C=O) groups is 4. The van der Waals surface area contributed by atoms with Crippen molar-refractivity contribution in [2.24, 2.45) is 23.7 Å². The Labute approximate surface area is 173 Å². The molecule has 4 aliphatic rings. The molecule has 4 atom stereocenters.